The minimum absolute atomic E-state index is 0.281. The lowest BCUT2D eigenvalue weighted by molar-refractivity contribution is -0.155. The van der Waals surface area contributed by atoms with Crippen LogP contribution in [0.2, 0.25) is 0 Å². The van der Waals surface area contributed by atoms with Gasteiger partial charge < -0.3 is 8.86 Å². The van der Waals surface area contributed by atoms with E-state index in [0.717, 1.165) is 4.13 Å². The van der Waals surface area contributed by atoms with Crippen LogP contribution in [0, 0.1) is 5.41 Å². The quantitative estimate of drug-likeness (QED) is 0.406. The van der Waals surface area contributed by atoms with E-state index in [0.29, 0.717) is 0 Å². The van der Waals surface area contributed by atoms with Crippen molar-refractivity contribution < 1.29 is 52.7 Å². The van der Waals surface area contributed by atoms with Crippen LogP contribution in [0.5, 0.6) is 0 Å². The second-order valence-electron chi connectivity index (χ2n) is 5.66. The lowest BCUT2D eigenvalue weighted by atomic mass is 9.91. The summed E-state index contributed by atoms with van der Waals surface area (Å²) in [6, 6.07) is 0. The van der Waals surface area contributed by atoms with Crippen LogP contribution in [-0.4, -0.2) is 46.3 Å². The minimum Gasteiger partial charge on any atom is -0.465 e. The predicted molar refractivity (Wildman–Crippen MR) is 76.7 cm³/mol. The third-order valence-electron chi connectivity index (χ3n) is 3.24. The molecule has 0 N–H and O–H groups in total. The molecule has 0 aliphatic heterocycles. The first-order chi connectivity index (χ1) is 11.3. The van der Waals surface area contributed by atoms with Crippen LogP contribution in [-0.2, 0) is 29.6 Å². The number of ether oxygens (including phenoxy) is 1. The van der Waals surface area contributed by atoms with E-state index >= 15 is 0 Å². The fourth-order valence-electron chi connectivity index (χ4n) is 1.15. The predicted octanol–water partition coefficient (Wildman–Crippen LogP) is 2.84. The number of halogens is 6. The minimum atomic E-state index is -6.82. The summed E-state index contributed by atoms with van der Waals surface area (Å²) >= 11 is 0. The lowest BCUT2D eigenvalue weighted by Gasteiger charge is -2.29. The first-order valence-corrected chi connectivity index (χ1v) is 9.69. The van der Waals surface area contributed by atoms with Gasteiger partial charge >= 0.3 is 16.7 Å². The fourth-order valence-corrected chi connectivity index (χ4v) is 3.36. The zero-order valence-electron chi connectivity index (χ0n) is 13.7. The number of esters is 1. The molecule has 0 saturated carbocycles. The molecule has 7 nitrogen and oxygen atoms in total. The highest BCUT2D eigenvalue weighted by Gasteiger charge is 2.51. The Morgan fingerprint density at radius 3 is 1.88 bits per heavy atom. The second kappa shape index (κ2) is 7.88. The standard InChI is InChI=1S/C11H16F6NO6S2/c1-4-9(2,3)8(19)24-6-5-7(12)10(13,14)25(20,21)18-26(22,23)11(15,16)17/h7H,4-6H2,1-3H3/q-1. The molecule has 0 aliphatic carbocycles. The molecule has 0 aromatic carbocycles. The Morgan fingerprint density at radius 1 is 1.04 bits per heavy atom. The maximum atomic E-state index is 13.5. The normalized spacial score (nSPS) is 15.6. The van der Waals surface area contributed by atoms with Crippen molar-refractivity contribution in [2.24, 2.45) is 5.41 Å². The fraction of sp³-hybridized carbons (Fsp3) is 0.909. The van der Waals surface area contributed by atoms with Gasteiger partial charge in [-0.1, -0.05) is 6.92 Å². The van der Waals surface area contributed by atoms with Crippen molar-refractivity contribution >= 4 is 26.0 Å². The van der Waals surface area contributed by atoms with Crippen molar-refractivity contribution in [3.8, 4) is 0 Å². The molecule has 26 heavy (non-hydrogen) atoms. The number of alkyl halides is 6. The molecule has 0 aliphatic rings. The van der Waals surface area contributed by atoms with Gasteiger partial charge in [-0.2, -0.15) is 22.0 Å². The van der Waals surface area contributed by atoms with Crippen molar-refractivity contribution in [2.45, 2.75) is 50.5 Å². The number of rotatable bonds is 9. The Morgan fingerprint density at radius 2 is 1.50 bits per heavy atom. The van der Waals surface area contributed by atoms with Crippen molar-refractivity contribution in [3.05, 3.63) is 4.13 Å². The van der Waals surface area contributed by atoms with E-state index in [4.69, 9.17) is 0 Å². The Hall–Kier alpha value is -1.09. The molecule has 0 aromatic heterocycles. The van der Waals surface area contributed by atoms with Crippen LogP contribution in [0.3, 0.4) is 0 Å². The first-order valence-electron chi connectivity index (χ1n) is 6.81. The Bertz CT molecular complexity index is 716. The Balaban J connectivity index is 5.12. The number of carbonyl (C=O) groups excluding carboxylic acids is 1. The summed E-state index contributed by atoms with van der Waals surface area (Å²) in [5.41, 5.74) is -7.29. The van der Waals surface area contributed by atoms with Crippen molar-refractivity contribution in [3.63, 3.8) is 0 Å². The van der Waals surface area contributed by atoms with Gasteiger partial charge in [0.2, 0.25) is 0 Å². The summed E-state index contributed by atoms with van der Waals surface area (Å²) in [5, 5.41) is -5.59. The van der Waals surface area contributed by atoms with Gasteiger partial charge in [0.25, 0.3) is 0 Å². The number of hydrogen-bond donors (Lipinski definition) is 0. The molecule has 0 heterocycles. The van der Waals surface area contributed by atoms with E-state index in [-0.39, 0.29) is 6.42 Å². The molecule has 1 unspecified atom stereocenters. The van der Waals surface area contributed by atoms with E-state index in [9.17, 15) is 48.0 Å². The Kier molecular flexibility index (Phi) is 7.55. The average molecular weight is 436 g/mol. The summed E-state index contributed by atoms with van der Waals surface area (Å²) in [6.45, 7) is 3.45. The molecule has 0 aromatic rings. The summed E-state index contributed by atoms with van der Waals surface area (Å²) in [5.74, 6) is -0.900. The SMILES string of the molecule is CCC(C)(C)C(=O)OCCC(F)C(F)(F)S(=O)(=O)[N-]S(=O)(=O)C(F)(F)F. The van der Waals surface area contributed by atoms with Crippen molar-refractivity contribution in [2.75, 3.05) is 6.61 Å². The highest BCUT2D eigenvalue weighted by molar-refractivity contribution is 8.13. The van der Waals surface area contributed by atoms with Gasteiger partial charge in [0.15, 0.2) is 26.2 Å². The summed E-state index contributed by atoms with van der Waals surface area (Å²) in [4.78, 5) is 11.5. The van der Waals surface area contributed by atoms with E-state index in [1.54, 1.807) is 6.92 Å². The molecule has 15 heteroatoms. The summed E-state index contributed by atoms with van der Waals surface area (Å²) < 4.78 is 126. The smallest absolute Gasteiger partial charge is 0.465 e. The third-order valence-corrected chi connectivity index (χ3v) is 6.34. The van der Waals surface area contributed by atoms with Crippen molar-refractivity contribution in [1.29, 1.82) is 0 Å². The molecule has 0 saturated heterocycles. The van der Waals surface area contributed by atoms with Crippen LogP contribution in [0.15, 0.2) is 0 Å². The Labute approximate surface area is 146 Å². The van der Waals surface area contributed by atoms with Crippen LogP contribution < -0.4 is 0 Å². The third kappa shape index (κ3) is 5.70. The van der Waals surface area contributed by atoms with Crippen LogP contribution in [0.25, 0.3) is 4.13 Å². The van der Waals surface area contributed by atoms with Crippen LogP contribution in [0.4, 0.5) is 26.3 Å². The maximum Gasteiger partial charge on any atom is 0.480 e. The first kappa shape index (κ1) is 24.9. The summed E-state index contributed by atoms with van der Waals surface area (Å²) in [7, 11) is -13.5. The number of carbonyl (C=O) groups is 1. The monoisotopic (exact) mass is 436 g/mol. The molecule has 0 bridgehead atoms. The van der Waals surface area contributed by atoms with Crippen LogP contribution in [0.1, 0.15) is 33.6 Å². The molecule has 1 atom stereocenters. The average Bonchev–Trinajstić information content (AvgIpc) is 2.44. The summed E-state index contributed by atoms with van der Waals surface area (Å²) in [6.07, 6.45) is -4.81. The maximum absolute atomic E-state index is 13.5. The molecule has 0 fully saturated rings. The van der Waals surface area contributed by atoms with Gasteiger partial charge in [0.1, 0.15) is 0 Å². The largest absolute Gasteiger partial charge is 0.480 e. The van der Waals surface area contributed by atoms with Gasteiger partial charge in [-0.3, -0.25) is 4.79 Å². The molecule has 0 rings (SSSR count). The number of nitrogens with zero attached hydrogens (tertiary/aromatic N) is 1. The molecular formula is C11H16F6NO6S2-. The van der Waals surface area contributed by atoms with Gasteiger partial charge in [0, 0.05) is 6.42 Å². The highest BCUT2D eigenvalue weighted by Crippen LogP contribution is 2.39. The molecule has 0 spiro atoms. The van der Waals surface area contributed by atoms with Gasteiger partial charge in [0.05, 0.1) is 12.0 Å². The molecule has 0 radical (unpaired) electrons. The van der Waals surface area contributed by atoms with E-state index in [1.165, 1.54) is 13.8 Å². The zero-order valence-corrected chi connectivity index (χ0v) is 15.3. The topological polar surface area (TPSA) is 109 Å². The van der Waals surface area contributed by atoms with Crippen molar-refractivity contribution in [1.82, 2.24) is 0 Å². The molecule has 156 valence electrons. The molecule has 0 amide bonds. The van der Waals surface area contributed by atoms with Gasteiger partial charge in [-0.25, -0.2) is 21.2 Å². The highest BCUT2D eigenvalue weighted by atomic mass is 32.3. The van der Waals surface area contributed by atoms with E-state index < -0.39 is 61.4 Å². The van der Waals surface area contributed by atoms with E-state index in [2.05, 4.69) is 4.74 Å². The number of sulfonamides is 2. The van der Waals surface area contributed by atoms with Crippen LogP contribution >= 0.6 is 0 Å². The second-order valence-corrected chi connectivity index (χ2v) is 9.17. The zero-order chi connectivity index (χ0) is 21.2. The number of hydrogen-bond acceptors (Lipinski definition) is 6. The van der Waals surface area contributed by atoms with Gasteiger partial charge in [-0.05, 0) is 20.3 Å². The van der Waals surface area contributed by atoms with Gasteiger partial charge in [-0.15, -0.1) is 0 Å². The molecular weight excluding hydrogens is 420 g/mol. The lowest BCUT2D eigenvalue weighted by Crippen LogP contribution is -2.41. The van der Waals surface area contributed by atoms with E-state index in [1.807, 2.05) is 0 Å².